The van der Waals surface area contributed by atoms with Crippen molar-refractivity contribution in [2.24, 2.45) is 5.73 Å². The molecule has 0 fully saturated rings. The number of primary amides is 1. The first-order chi connectivity index (χ1) is 12.2. The Morgan fingerprint density at radius 2 is 1.69 bits per heavy atom. The van der Waals surface area contributed by atoms with E-state index in [4.69, 9.17) is 5.73 Å². The highest BCUT2D eigenvalue weighted by Gasteiger charge is 2.33. The number of halogens is 3. The van der Waals surface area contributed by atoms with Gasteiger partial charge >= 0.3 is 12.2 Å². The predicted octanol–water partition coefficient (Wildman–Crippen LogP) is 3.15. The highest BCUT2D eigenvalue weighted by Crippen LogP contribution is 2.32. The van der Waals surface area contributed by atoms with Crippen molar-refractivity contribution in [3.8, 4) is 0 Å². The Labute approximate surface area is 148 Å². The lowest BCUT2D eigenvalue weighted by Gasteiger charge is -2.20. The minimum Gasteiger partial charge on any atom is -0.352 e. The van der Waals surface area contributed by atoms with Crippen molar-refractivity contribution in [3.63, 3.8) is 0 Å². The Morgan fingerprint density at radius 3 is 2.27 bits per heavy atom. The fourth-order valence-corrected chi connectivity index (χ4v) is 2.44. The van der Waals surface area contributed by atoms with Crippen molar-refractivity contribution >= 4 is 11.9 Å². The van der Waals surface area contributed by atoms with Crippen LogP contribution in [0.15, 0.2) is 48.5 Å². The van der Waals surface area contributed by atoms with Crippen LogP contribution in [0.2, 0.25) is 0 Å². The Kier molecular flexibility index (Phi) is 5.86. The quantitative estimate of drug-likeness (QED) is 0.854. The van der Waals surface area contributed by atoms with Crippen molar-refractivity contribution in [2.75, 3.05) is 7.05 Å². The van der Waals surface area contributed by atoms with Gasteiger partial charge in [-0.2, -0.15) is 13.2 Å². The van der Waals surface area contributed by atoms with E-state index in [0.717, 1.165) is 11.6 Å². The molecule has 0 bridgehead atoms. The lowest BCUT2D eigenvalue weighted by atomic mass is 10.1. The molecular weight excluding hydrogens is 347 g/mol. The van der Waals surface area contributed by atoms with E-state index in [1.807, 2.05) is 0 Å². The van der Waals surface area contributed by atoms with Crippen molar-refractivity contribution in [3.05, 3.63) is 70.8 Å². The Bertz CT molecular complexity index is 789. The van der Waals surface area contributed by atoms with Gasteiger partial charge in [0, 0.05) is 25.7 Å². The zero-order valence-electron chi connectivity index (χ0n) is 14.0. The van der Waals surface area contributed by atoms with Crippen LogP contribution in [0, 0.1) is 0 Å². The predicted molar refractivity (Wildman–Crippen MR) is 90.1 cm³/mol. The number of nitrogens with two attached hydrogens (primary N) is 1. The lowest BCUT2D eigenvalue weighted by molar-refractivity contribution is -0.138. The second-order valence-corrected chi connectivity index (χ2v) is 5.73. The fraction of sp³-hybridized carbons (Fsp3) is 0.222. The van der Waals surface area contributed by atoms with E-state index in [1.165, 1.54) is 30.1 Å². The van der Waals surface area contributed by atoms with Gasteiger partial charge < -0.3 is 16.0 Å². The molecule has 3 amide bonds. The van der Waals surface area contributed by atoms with Crippen LogP contribution in [-0.4, -0.2) is 23.9 Å². The summed E-state index contributed by atoms with van der Waals surface area (Å²) in [5.41, 5.74) is 5.33. The number of urea groups is 1. The number of carbonyl (C=O) groups is 2. The van der Waals surface area contributed by atoms with Gasteiger partial charge in [-0.15, -0.1) is 0 Å². The third-order valence-electron chi connectivity index (χ3n) is 3.74. The number of amides is 3. The zero-order chi connectivity index (χ0) is 19.3. The van der Waals surface area contributed by atoms with Gasteiger partial charge in [0.15, 0.2) is 0 Å². The highest BCUT2D eigenvalue weighted by molar-refractivity contribution is 5.94. The summed E-state index contributed by atoms with van der Waals surface area (Å²) in [5, 5.41) is 2.42. The monoisotopic (exact) mass is 365 g/mol. The topological polar surface area (TPSA) is 75.4 Å². The summed E-state index contributed by atoms with van der Waals surface area (Å²) in [7, 11) is 1.44. The number of hydrogen-bond acceptors (Lipinski definition) is 2. The molecule has 0 aromatic heterocycles. The standard InChI is InChI=1S/C18H18F3N3O2/c1-24(11-14-4-2-3-5-15(14)18(19,20)21)16(25)13-8-6-12(7-9-13)10-23-17(22)26/h2-9H,10-11H2,1H3,(H3,22,23,26). The maximum atomic E-state index is 13.1. The molecule has 2 aromatic carbocycles. The second kappa shape index (κ2) is 7.90. The van der Waals surface area contributed by atoms with Gasteiger partial charge in [-0.1, -0.05) is 30.3 Å². The summed E-state index contributed by atoms with van der Waals surface area (Å²) < 4.78 is 39.2. The molecule has 8 heteroatoms. The first-order valence-corrected chi connectivity index (χ1v) is 7.71. The van der Waals surface area contributed by atoms with Crippen LogP contribution in [0.25, 0.3) is 0 Å². The average molecular weight is 365 g/mol. The number of hydrogen-bond donors (Lipinski definition) is 2. The number of nitrogens with zero attached hydrogens (tertiary/aromatic N) is 1. The van der Waals surface area contributed by atoms with E-state index in [-0.39, 0.29) is 18.7 Å². The van der Waals surface area contributed by atoms with Gasteiger partial charge in [0.05, 0.1) is 5.56 Å². The van der Waals surface area contributed by atoms with E-state index < -0.39 is 23.7 Å². The van der Waals surface area contributed by atoms with Crippen molar-refractivity contribution < 1.29 is 22.8 Å². The van der Waals surface area contributed by atoms with Crippen molar-refractivity contribution in [2.45, 2.75) is 19.3 Å². The molecule has 0 saturated heterocycles. The van der Waals surface area contributed by atoms with E-state index in [1.54, 1.807) is 24.3 Å². The SMILES string of the molecule is CN(Cc1ccccc1C(F)(F)F)C(=O)c1ccc(CNC(N)=O)cc1. The van der Waals surface area contributed by atoms with Crippen LogP contribution in [0.1, 0.15) is 27.0 Å². The Hall–Kier alpha value is -3.03. The second-order valence-electron chi connectivity index (χ2n) is 5.73. The van der Waals surface area contributed by atoms with E-state index in [9.17, 15) is 22.8 Å². The molecule has 0 aliphatic rings. The molecule has 5 nitrogen and oxygen atoms in total. The summed E-state index contributed by atoms with van der Waals surface area (Å²) in [6, 6.07) is 10.9. The number of benzene rings is 2. The number of alkyl halides is 3. The van der Waals surface area contributed by atoms with Crippen LogP contribution in [-0.2, 0) is 19.3 Å². The molecular formula is C18H18F3N3O2. The normalized spacial score (nSPS) is 11.1. The van der Waals surface area contributed by atoms with Crippen molar-refractivity contribution in [1.82, 2.24) is 10.2 Å². The molecule has 2 aromatic rings. The minimum absolute atomic E-state index is 0.0260. The van der Waals surface area contributed by atoms with E-state index in [2.05, 4.69) is 5.32 Å². The molecule has 2 rings (SSSR count). The first kappa shape index (κ1) is 19.3. The summed E-state index contributed by atoms with van der Waals surface area (Å²) in [6.45, 7) is 0.0537. The lowest BCUT2D eigenvalue weighted by Crippen LogP contribution is -2.29. The summed E-state index contributed by atoms with van der Waals surface area (Å²) in [4.78, 5) is 24.3. The summed E-state index contributed by atoms with van der Waals surface area (Å²) in [6.07, 6.45) is -4.48. The summed E-state index contributed by atoms with van der Waals surface area (Å²) in [5.74, 6) is -0.406. The van der Waals surface area contributed by atoms with Gasteiger partial charge in [0.1, 0.15) is 0 Å². The molecule has 0 radical (unpaired) electrons. The third-order valence-corrected chi connectivity index (χ3v) is 3.74. The fourth-order valence-electron chi connectivity index (χ4n) is 2.44. The molecule has 0 atom stereocenters. The Balaban J connectivity index is 2.10. The maximum Gasteiger partial charge on any atom is 0.416 e. The molecule has 0 saturated carbocycles. The van der Waals surface area contributed by atoms with Crippen LogP contribution >= 0.6 is 0 Å². The molecule has 0 aliphatic heterocycles. The third kappa shape index (κ3) is 4.98. The number of nitrogens with one attached hydrogen (secondary N) is 1. The molecule has 0 aliphatic carbocycles. The van der Waals surface area contributed by atoms with Crippen molar-refractivity contribution in [1.29, 1.82) is 0 Å². The van der Waals surface area contributed by atoms with Crippen LogP contribution in [0.5, 0.6) is 0 Å². The summed E-state index contributed by atoms with van der Waals surface area (Å²) >= 11 is 0. The van der Waals surface area contributed by atoms with E-state index in [0.29, 0.717) is 5.56 Å². The van der Waals surface area contributed by atoms with Crippen LogP contribution in [0.3, 0.4) is 0 Å². The van der Waals surface area contributed by atoms with Gasteiger partial charge in [0.2, 0.25) is 0 Å². The molecule has 0 spiro atoms. The largest absolute Gasteiger partial charge is 0.416 e. The Morgan fingerprint density at radius 1 is 1.08 bits per heavy atom. The van der Waals surface area contributed by atoms with Gasteiger partial charge in [-0.25, -0.2) is 4.79 Å². The van der Waals surface area contributed by atoms with Gasteiger partial charge in [-0.05, 0) is 29.3 Å². The first-order valence-electron chi connectivity index (χ1n) is 7.71. The number of carbonyl (C=O) groups excluding carboxylic acids is 2. The van der Waals surface area contributed by atoms with Crippen LogP contribution in [0.4, 0.5) is 18.0 Å². The smallest absolute Gasteiger partial charge is 0.352 e. The number of rotatable bonds is 5. The van der Waals surface area contributed by atoms with E-state index >= 15 is 0 Å². The average Bonchev–Trinajstić information content (AvgIpc) is 2.59. The van der Waals surface area contributed by atoms with Gasteiger partial charge in [0.25, 0.3) is 5.91 Å². The molecule has 138 valence electrons. The zero-order valence-corrected chi connectivity index (χ0v) is 14.0. The highest BCUT2D eigenvalue weighted by atomic mass is 19.4. The molecule has 3 N–H and O–H groups in total. The maximum absolute atomic E-state index is 13.1. The molecule has 0 heterocycles. The van der Waals surface area contributed by atoms with Crippen LogP contribution < -0.4 is 11.1 Å². The van der Waals surface area contributed by atoms with Gasteiger partial charge in [-0.3, -0.25) is 4.79 Å². The molecule has 26 heavy (non-hydrogen) atoms. The molecule has 0 unspecified atom stereocenters. The minimum atomic E-state index is -4.48.